The molecule has 0 aromatic rings. The third-order valence-corrected chi connectivity index (χ3v) is 1.57. The molecule has 0 nitrogen and oxygen atoms in total. The van der Waals surface area contributed by atoms with E-state index in [1.807, 2.05) is 0 Å². The molecule has 0 atom stereocenters. The van der Waals surface area contributed by atoms with Crippen LogP contribution in [-0.4, -0.2) is 0 Å². The van der Waals surface area contributed by atoms with Gasteiger partial charge in [0.2, 0.25) is 0 Å². The van der Waals surface area contributed by atoms with Crippen molar-refractivity contribution in [2.75, 3.05) is 0 Å². The van der Waals surface area contributed by atoms with Crippen LogP contribution in [0.25, 0.3) is 0 Å². The first kappa shape index (κ1) is 10.5. The molecular weight excluding hydrogens is 132 g/mol. The molecule has 0 aliphatic rings. The van der Waals surface area contributed by atoms with E-state index in [4.69, 9.17) is 0 Å². The highest BCUT2D eigenvalue weighted by Gasteiger charge is 2.06. The van der Waals surface area contributed by atoms with Crippen molar-refractivity contribution in [3.05, 3.63) is 24.3 Å². The lowest BCUT2D eigenvalue weighted by Crippen LogP contribution is -2.01. The minimum absolute atomic E-state index is 0.242. The van der Waals surface area contributed by atoms with Crippen LogP contribution in [0.3, 0.4) is 0 Å². The molecule has 0 aromatic carbocycles. The van der Waals surface area contributed by atoms with Crippen molar-refractivity contribution in [3.63, 3.8) is 0 Å². The lowest BCUT2D eigenvalue weighted by atomic mass is 9.92. The van der Waals surface area contributed by atoms with Crippen molar-refractivity contribution >= 4 is 0 Å². The highest BCUT2D eigenvalue weighted by Crippen LogP contribution is 2.19. The van der Waals surface area contributed by atoms with Gasteiger partial charge in [0, 0.05) is 5.41 Å². The van der Waals surface area contributed by atoms with Crippen LogP contribution in [0, 0.1) is 5.41 Å². The van der Waals surface area contributed by atoms with Crippen LogP contribution in [0.4, 0.5) is 0 Å². The first-order valence-corrected chi connectivity index (χ1v) is 4.47. The molecule has 0 fully saturated rings. The van der Waals surface area contributed by atoms with Crippen LogP contribution in [0.15, 0.2) is 24.3 Å². The SMILES string of the molecule is CC/C=C/C(C)(C)/C=C/CC. The Morgan fingerprint density at radius 2 is 1.27 bits per heavy atom. The zero-order valence-electron chi connectivity index (χ0n) is 8.22. The highest BCUT2D eigenvalue weighted by molar-refractivity contribution is 5.06. The Kier molecular flexibility index (Phi) is 4.93. The molecular formula is C11H20. The Morgan fingerprint density at radius 3 is 1.55 bits per heavy atom. The number of hydrogen-bond acceptors (Lipinski definition) is 0. The van der Waals surface area contributed by atoms with Crippen molar-refractivity contribution in [3.8, 4) is 0 Å². The van der Waals surface area contributed by atoms with E-state index in [9.17, 15) is 0 Å². The van der Waals surface area contributed by atoms with E-state index < -0.39 is 0 Å². The van der Waals surface area contributed by atoms with E-state index in [0.29, 0.717) is 0 Å². The van der Waals surface area contributed by atoms with Gasteiger partial charge in [-0.1, -0.05) is 52.0 Å². The van der Waals surface area contributed by atoms with Crippen LogP contribution in [0.5, 0.6) is 0 Å². The van der Waals surface area contributed by atoms with Crippen molar-refractivity contribution in [1.82, 2.24) is 0 Å². The molecule has 0 bridgehead atoms. The Balaban J connectivity index is 3.99. The van der Waals surface area contributed by atoms with E-state index in [1.54, 1.807) is 0 Å². The second-order valence-corrected chi connectivity index (χ2v) is 3.44. The van der Waals surface area contributed by atoms with E-state index in [2.05, 4.69) is 52.0 Å². The van der Waals surface area contributed by atoms with Gasteiger partial charge in [-0.25, -0.2) is 0 Å². The number of hydrogen-bond donors (Lipinski definition) is 0. The fourth-order valence-electron chi connectivity index (χ4n) is 0.899. The summed E-state index contributed by atoms with van der Waals surface area (Å²) in [4.78, 5) is 0. The van der Waals surface area contributed by atoms with Gasteiger partial charge in [-0.05, 0) is 12.8 Å². The average Bonchev–Trinajstić information content (AvgIpc) is 1.97. The molecule has 0 radical (unpaired) electrons. The largest absolute Gasteiger partial charge is 0.0880 e. The molecule has 0 saturated heterocycles. The molecule has 0 spiro atoms. The smallest absolute Gasteiger partial charge is 0.000439 e. The summed E-state index contributed by atoms with van der Waals surface area (Å²) in [7, 11) is 0. The number of allylic oxidation sites excluding steroid dienone is 4. The van der Waals surface area contributed by atoms with Gasteiger partial charge < -0.3 is 0 Å². The van der Waals surface area contributed by atoms with E-state index >= 15 is 0 Å². The summed E-state index contributed by atoms with van der Waals surface area (Å²) >= 11 is 0. The van der Waals surface area contributed by atoms with Crippen LogP contribution < -0.4 is 0 Å². The molecule has 0 unspecified atom stereocenters. The first-order chi connectivity index (χ1) is 5.12. The maximum absolute atomic E-state index is 2.26. The van der Waals surface area contributed by atoms with Crippen molar-refractivity contribution in [2.45, 2.75) is 40.5 Å². The first-order valence-electron chi connectivity index (χ1n) is 4.47. The number of rotatable bonds is 4. The monoisotopic (exact) mass is 152 g/mol. The predicted molar refractivity (Wildman–Crippen MR) is 52.6 cm³/mol. The third-order valence-electron chi connectivity index (χ3n) is 1.57. The normalized spacial score (nSPS) is 13.5. The average molecular weight is 152 g/mol. The topological polar surface area (TPSA) is 0 Å². The Bertz CT molecular complexity index is 122. The quantitative estimate of drug-likeness (QED) is 0.535. The maximum atomic E-state index is 2.26. The van der Waals surface area contributed by atoms with Crippen molar-refractivity contribution in [2.24, 2.45) is 5.41 Å². The molecule has 0 N–H and O–H groups in total. The van der Waals surface area contributed by atoms with Crippen molar-refractivity contribution < 1.29 is 0 Å². The molecule has 0 aliphatic carbocycles. The summed E-state index contributed by atoms with van der Waals surface area (Å²) in [6, 6.07) is 0. The van der Waals surface area contributed by atoms with Crippen molar-refractivity contribution in [1.29, 1.82) is 0 Å². The van der Waals surface area contributed by atoms with Crippen LogP contribution >= 0.6 is 0 Å². The van der Waals surface area contributed by atoms with E-state index in [0.717, 1.165) is 12.8 Å². The van der Waals surface area contributed by atoms with Gasteiger partial charge >= 0.3 is 0 Å². The summed E-state index contributed by atoms with van der Waals surface area (Å²) < 4.78 is 0. The fourth-order valence-corrected chi connectivity index (χ4v) is 0.899. The van der Waals surface area contributed by atoms with Gasteiger partial charge in [0.1, 0.15) is 0 Å². The lowest BCUT2D eigenvalue weighted by molar-refractivity contribution is 0.621. The molecule has 0 aromatic heterocycles. The standard InChI is InChI=1S/C11H20/c1-5-7-9-11(3,4)10-8-6-2/h7-10H,5-6H2,1-4H3/b9-7+,10-8+. The Morgan fingerprint density at radius 1 is 0.909 bits per heavy atom. The molecule has 11 heavy (non-hydrogen) atoms. The lowest BCUT2D eigenvalue weighted by Gasteiger charge is -2.13. The molecule has 0 aliphatic heterocycles. The van der Waals surface area contributed by atoms with Gasteiger partial charge in [-0.2, -0.15) is 0 Å². The summed E-state index contributed by atoms with van der Waals surface area (Å²) in [6.45, 7) is 8.78. The predicted octanol–water partition coefficient (Wildman–Crippen LogP) is 3.95. The Labute approximate surface area is 71.0 Å². The summed E-state index contributed by atoms with van der Waals surface area (Å²) in [5.74, 6) is 0. The molecule has 0 amide bonds. The fraction of sp³-hybridized carbons (Fsp3) is 0.636. The van der Waals surface area contributed by atoms with Crippen LogP contribution in [-0.2, 0) is 0 Å². The second kappa shape index (κ2) is 5.17. The summed E-state index contributed by atoms with van der Waals surface area (Å²) in [5, 5.41) is 0. The molecule has 64 valence electrons. The minimum Gasteiger partial charge on any atom is -0.0880 e. The van der Waals surface area contributed by atoms with Gasteiger partial charge in [-0.3, -0.25) is 0 Å². The molecule has 0 heterocycles. The van der Waals surface area contributed by atoms with E-state index in [-0.39, 0.29) is 5.41 Å². The second-order valence-electron chi connectivity index (χ2n) is 3.44. The maximum Gasteiger partial charge on any atom is 0.000439 e. The Hall–Kier alpha value is -0.520. The van der Waals surface area contributed by atoms with Gasteiger partial charge in [0.05, 0.1) is 0 Å². The van der Waals surface area contributed by atoms with Gasteiger partial charge in [-0.15, -0.1) is 0 Å². The zero-order valence-corrected chi connectivity index (χ0v) is 8.22. The summed E-state index contributed by atoms with van der Waals surface area (Å²) in [5.41, 5.74) is 0.242. The van der Waals surface area contributed by atoms with Crippen LogP contribution in [0.1, 0.15) is 40.5 Å². The summed E-state index contributed by atoms with van der Waals surface area (Å²) in [6.07, 6.45) is 11.2. The van der Waals surface area contributed by atoms with E-state index in [1.165, 1.54) is 0 Å². The van der Waals surface area contributed by atoms with Crippen LogP contribution in [0.2, 0.25) is 0 Å². The zero-order chi connectivity index (χ0) is 8.74. The molecule has 0 heteroatoms. The van der Waals surface area contributed by atoms with Gasteiger partial charge in [0.25, 0.3) is 0 Å². The highest BCUT2D eigenvalue weighted by atomic mass is 14.1. The third kappa shape index (κ3) is 5.90. The molecule has 0 saturated carbocycles. The molecule has 0 rings (SSSR count). The minimum atomic E-state index is 0.242. The van der Waals surface area contributed by atoms with Gasteiger partial charge in [0.15, 0.2) is 0 Å².